The smallest absolute Gasteiger partial charge is 0.225 e. The molecule has 0 N–H and O–H groups in total. The highest BCUT2D eigenvalue weighted by Crippen LogP contribution is 2.28. The van der Waals surface area contributed by atoms with E-state index in [1.54, 1.807) is 11.0 Å². The van der Waals surface area contributed by atoms with E-state index in [1.807, 2.05) is 26.1 Å². The van der Waals surface area contributed by atoms with E-state index in [4.69, 9.17) is 27.9 Å². The summed E-state index contributed by atoms with van der Waals surface area (Å²) in [7, 11) is 1.81. The van der Waals surface area contributed by atoms with Crippen LogP contribution in [0, 0.1) is 11.8 Å². The van der Waals surface area contributed by atoms with Crippen LogP contribution in [0.1, 0.15) is 25.3 Å². The second kappa shape index (κ2) is 7.48. The van der Waals surface area contributed by atoms with Crippen LogP contribution in [0.5, 0.6) is 0 Å². The Morgan fingerprint density at radius 3 is 2.71 bits per heavy atom. The molecule has 0 saturated carbocycles. The van der Waals surface area contributed by atoms with Gasteiger partial charge in [0.2, 0.25) is 5.91 Å². The van der Waals surface area contributed by atoms with Crippen molar-refractivity contribution < 1.29 is 9.53 Å². The normalized spacial score (nSPS) is 17.5. The van der Waals surface area contributed by atoms with E-state index >= 15 is 0 Å². The van der Waals surface area contributed by atoms with Gasteiger partial charge >= 0.3 is 0 Å². The molecule has 5 heteroatoms. The van der Waals surface area contributed by atoms with Gasteiger partial charge in [-0.25, -0.2) is 0 Å². The number of rotatable bonds is 4. The number of hydrogen-bond acceptors (Lipinski definition) is 2. The summed E-state index contributed by atoms with van der Waals surface area (Å²) in [5.41, 5.74) is 0.874. The molecule has 21 heavy (non-hydrogen) atoms. The van der Waals surface area contributed by atoms with E-state index in [9.17, 15) is 4.79 Å². The van der Waals surface area contributed by atoms with E-state index in [2.05, 4.69) is 0 Å². The maximum absolute atomic E-state index is 12.6. The van der Waals surface area contributed by atoms with Crippen LogP contribution in [0.2, 0.25) is 10.0 Å². The lowest BCUT2D eigenvalue weighted by Crippen LogP contribution is -2.36. The number of amides is 1. The monoisotopic (exact) mass is 329 g/mol. The molecule has 1 amide bonds. The molecule has 3 nitrogen and oxygen atoms in total. The number of ether oxygens (including phenoxy) is 1. The molecular weight excluding hydrogens is 309 g/mol. The second-order valence-corrected chi connectivity index (χ2v) is 6.43. The van der Waals surface area contributed by atoms with E-state index in [0.29, 0.717) is 22.5 Å². The van der Waals surface area contributed by atoms with Crippen molar-refractivity contribution in [2.45, 2.75) is 26.3 Å². The number of carbonyl (C=O) groups excluding carboxylic acids is 1. The standard InChI is InChI=1S/C16H21Cl2NO2/c1-11(12-6-8-21-9-7-12)16(20)19(2)10-13-4-3-5-14(17)15(13)18/h3-5,11-12H,6-10H2,1-2H3/t11-/m1/s1. The van der Waals surface area contributed by atoms with Crippen LogP contribution in [-0.2, 0) is 16.1 Å². The van der Waals surface area contributed by atoms with E-state index < -0.39 is 0 Å². The molecular formula is C16H21Cl2NO2. The summed E-state index contributed by atoms with van der Waals surface area (Å²) in [6.07, 6.45) is 1.91. The molecule has 0 aromatic heterocycles. The predicted molar refractivity (Wildman–Crippen MR) is 85.6 cm³/mol. The first-order valence-corrected chi connectivity index (χ1v) is 8.02. The van der Waals surface area contributed by atoms with Gasteiger partial charge in [0.05, 0.1) is 10.0 Å². The van der Waals surface area contributed by atoms with Gasteiger partial charge in [0, 0.05) is 32.7 Å². The van der Waals surface area contributed by atoms with Gasteiger partial charge in [-0.1, -0.05) is 42.3 Å². The zero-order chi connectivity index (χ0) is 15.4. The first kappa shape index (κ1) is 16.6. The molecule has 1 heterocycles. The van der Waals surface area contributed by atoms with Crippen molar-refractivity contribution in [3.63, 3.8) is 0 Å². The molecule has 116 valence electrons. The van der Waals surface area contributed by atoms with Crippen LogP contribution in [0.3, 0.4) is 0 Å². The Hall–Kier alpha value is -0.770. The van der Waals surface area contributed by atoms with Gasteiger partial charge in [0.15, 0.2) is 0 Å². The van der Waals surface area contributed by atoms with Crippen molar-refractivity contribution in [3.8, 4) is 0 Å². The minimum atomic E-state index is 0.0110. The number of benzene rings is 1. The summed E-state index contributed by atoms with van der Waals surface area (Å²) in [5, 5.41) is 1.05. The Labute approximate surface area is 136 Å². The average Bonchev–Trinajstić information content (AvgIpc) is 2.51. The van der Waals surface area contributed by atoms with Crippen LogP contribution >= 0.6 is 23.2 Å². The van der Waals surface area contributed by atoms with Crippen LogP contribution in [-0.4, -0.2) is 31.1 Å². The zero-order valence-electron chi connectivity index (χ0n) is 12.4. The Kier molecular flexibility index (Phi) is 5.91. The molecule has 1 fully saturated rings. The molecule has 0 bridgehead atoms. The lowest BCUT2D eigenvalue weighted by Gasteiger charge is -2.30. The zero-order valence-corrected chi connectivity index (χ0v) is 14.0. The summed E-state index contributed by atoms with van der Waals surface area (Å²) in [4.78, 5) is 14.3. The van der Waals surface area contributed by atoms with E-state index in [1.165, 1.54) is 0 Å². The molecule has 0 aliphatic carbocycles. The van der Waals surface area contributed by atoms with Crippen LogP contribution < -0.4 is 0 Å². The number of hydrogen-bond donors (Lipinski definition) is 0. The molecule has 1 aliphatic heterocycles. The third-order valence-corrected chi connectivity index (χ3v) is 5.04. The SMILES string of the molecule is C[C@@H](C(=O)N(C)Cc1cccc(Cl)c1Cl)C1CCOCC1. The van der Waals surface area contributed by atoms with E-state index in [0.717, 1.165) is 31.6 Å². The minimum absolute atomic E-state index is 0.0110. The van der Waals surface area contributed by atoms with Crippen molar-refractivity contribution >= 4 is 29.1 Å². The average molecular weight is 330 g/mol. The fourth-order valence-corrected chi connectivity index (χ4v) is 3.15. The van der Waals surface area contributed by atoms with Gasteiger partial charge in [0.1, 0.15) is 0 Å². The maximum atomic E-state index is 12.6. The lowest BCUT2D eigenvalue weighted by molar-refractivity contribution is -0.137. The molecule has 1 aromatic rings. The van der Waals surface area contributed by atoms with Gasteiger partial charge in [-0.05, 0) is 30.4 Å². The predicted octanol–water partition coefficient (Wildman–Crippen LogP) is 4.01. The van der Waals surface area contributed by atoms with E-state index in [-0.39, 0.29) is 11.8 Å². The topological polar surface area (TPSA) is 29.5 Å². The van der Waals surface area contributed by atoms with Crippen molar-refractivity contribution in [2.24, 2.45) is 11.8 Å². The number of halogens is 2. The molecule has 1 atom stereocenters. The Morgan fingerprint density at radius 2 is 2.05 bits per heavy atom. The highest BCUT2D eigenvalue weighted by atomic mass is 35.5. The molecule has 2 rings (SSSR count). The van der Waals surface area contributed by atoms with Crippen LogP contribution in [0.4, 0.5) is 0 Å². The molecule has 0 spiro atoms. The molecule has 1 saturated heterocycles. The van der Waals surface area contributed by atoms with Crippen molar-refractivity contribution in [2.75, 3.05) is 20.3 Å². The quantitative estimate of drug-likeness (QED) is 0.835. The van der Waals surface area contributed by atoms with Gasteiger partial charge in [0.25, 0.3) is 0 Å². The minimum Gasteiger partial charge on any atom is -0.381 e. The van der Waals surface area contributed by atoms with Gasteiger partial charge < -0.3 is 9.64 Å². The van der Waals surface area contributed by atoms with Crippen molar-refractivity contribution in [1.29, 1.82) is 0 Å². The lowest BCUT2D eigenvalue weighted by atomic mass is 9.86. The largest absolute Gasteiger partial charge is 0.381 e. The fourth-order valence-electron chi connectivity index (χ4n) is 2.77. The van der Waals surface area contributed by atoms with Gasteiger partial charge in [-0.15, -0.1) is 0 Å². The summed E-state index contributed by atoms with van der Waals surface area (Å²) in [6.45, 7) is 4.00. The molecule has 0 radical (unpaired) electrons. The third-order valence-electron chi connectivity index (χ3n) is 4.18. The Bertz CT molecular complexity index is 501. The molecule has 1 aliphatic rings. The van der Waals surface area contributed by atoms with Crippen molar-refractivity contribution in [1.82, 2.24) is 4.90 Å². The van der Waals surface area contributed by atoms with Crippen LogP contribution in [0.25, 0.3) is 0 Å². The van der Waals surface area contributed by atoms with Crippen LogP contribution in [0.15, 0.2) is 18.2 Å². The number of nitrogens with zero attached hydrogens (tertiary/aromatic N) is 1. The number of carbonyl (C=O) groups is 1. The van der Waals surface area contributed by atoms with Crippen molar-refractivity contribution in [3.05, 3.63) is 33.8 Å². The highest BCUT2D eigenvalue weighted by molar-refractivity contribution is 6.42. The first-order chi connectivity index (χ1) is 10.0. The summed E-state index contributed by atoms with van der Waals surface area (Å²) in [6, 6.07) is 5.50. The summed E-state index contributed by atoms with van der Waals surface area (Å²) >= 11 is 12.2. The Morgan fingerprint density at radius 1 is 1.38 bits per heavy atom. The maximum Gasteiger partial charge on any atom is 0.225 e. The highest BCUT2D eigenvalue weighted by Gasteiger charge is 2.28. The van der Waals surface area contributed by atoms with Gasteiger partial charge in [-0.3, -0.25) is 4.79 Å². The third kappa shape index (κ3) is 4.12. The summed E-state index contributed by atoms with van der Waals surface area (Å²) < 4.78 is 5.36. The second-order valence-electron chi connectivity index (χ2n) is 5.65. The molecule has 0 unspecified atom stereocenters. The first-order valence-electron chi connectivity index (χ1n) is 7.26. The fraction of sp³-hybridized carbons (Fsp3) is 0.562. The Balaban J connectivity index is 2.00. The summed E-state index contributed by atoms with van der Waals surface area (Å²) in [5.74, 6) is 0.568. The molecule has 1 aromatic carbocycles. The van der Waals surface area contributed by atoms with Gasteiger partial charge in [-0.2, -0.15) is 0 Å².